The number of rotatable bonds is 13. The van der Waals surface area contributed by atoms with Crippen molar-refractivity contribution in [2.75, 3.05) is 13.2 Å². The number of hydrogen-bond donors (Lipinski definition) is 2. The van der Waals surface area contributed by atoms with E-state index in [1.165, 1.54) is 38.4 Å². The van der Waals surface area contributed by atoms with Gasteiger partial charge in [-0.3, -0.25) is 42.3 Å². The molecule has 2 aliphatic rings. The number of phosphoric ester groups is 1. The van der Waals surface area contributed by atoms with Gasteiger partial charge in [-0.15, -0.1) is 0 Å². The number of H-pyrrole nitrogens is 2. The van der Waals surface area contributed by atoms with E-state index in [1.807, 2.05) is 6.07 Å². The van der Waals surface area contributed by atoms with Gasteiger partial charge in [0.05, 0.1) is 55.7 Å². The molecular formula is C28H30N11O10P. The number of nitrogens with zero attached hydrogens (tertiary/aromatic N) is 9. The molecule has 21 nitrogen and oxygen atoms in total. The zero-order chi connectivity index (χ0) is 36.0. The van der Waals surface area contributed by atoms with Crippen LogP contribution in [0.3, 0.4) is 0 Å². The summed E-state index contributed by atoms with van der Waals surface area (Å²) < 4.78 is 45.2. The Labute approximate surface area is 280 Å². The van der Waals surface area contributed by atoms with E-state index in [2.05, 4.69) is 30.0 Å². The predicted molar refractivity (Wildman–Crippen MR) is 170 cm³/mol. The first-order valence-corrected chi connectivity index (χ1v) is 16.5. The number of azide groups is 2. The van der Waals surface area contributed by atoms with Crippen molar-refractivity contribution in [2.24, 2.45) is 10.2 Å². The molecule has 0 aliphatic carbocycles. The fourth-order valence-corrected chi connectivity index (χ4v) is 6.51. The van der Waals surface area contributed by atoms with Gasteiger partial charge in [-0.1, -0.05) is 22.4 Å². The standard InChI is InChI=1S/C28H30N11O10P/c1-15-10-38(27(42)32-25(15)40)23-7-19(34-36-30)21(48-23)13-46-50(44,45-12-18-5-3-17(9-29)4-6-18)47-14-22-20(35-37-31)8-24(49-22)39-11-16(2)26(41)33-28(39)43/h3-6,10-11,19-24H,7-8,12-14H2,1-2H3,(H,32,40,42)(H,33,41,43)/t19-,20-,21+,22+,23+,24+/m0/s1. The number of phosphoric acid groups is 1. The summed E-state index contributed by atoms with van der Waals surface area (Å²) in [7, 11) is -4.56. The normalized spacial score (nSPS) is 24.1. The number of aryl methyl sites for hydroxylation is 2. The summed E-state index contributed by atoms with van der Waals surface area (Å²) >= 11 is 0. The van der Waals surface area contributed by atoms with Crippen molar-refractivity contribution in [3.05, 3.63) is 121 Å². The van der Waals surface area contributed by atoms with Crippen LogP contribution in [0.4, 0.5) is 0 Å². The fraction of sp³-hybridized carbons (Fsp3) is 0.464. The van der Waals surface area contributed by atoms with E-state index in [-0.39, 0.29) is 30.6 Å². The maximum absolute atomic E-state index is 14.1. The molecule has 2 N–H and O–H groups in total. The zero-order valence-corrected chi connectivity index (χ0v) is 27.4. The van der Waals surface area contributed by atoms with E-state index >= 15 is 0 Å². The highest BCUT2D eigenvalue weighted by molar-refractivity contribution is 7.48. The predicted octanol–water partition coefficient (Wildman–Crippen LogP) is 2.87. The lowest BCUT2D eigenvalue weighted by molar-refractivity contribution is -0.0435. The molecule has 2 saturated heterocycles. The Hall–Kier alpha value is -5.28. The molecule has 0 bridgehead atoms. The van der Waals surface area contributed by atoms with Gasteiger partial charge in [-0.05, 0) is 42.6 Å². The lowest BCUT2D eigenvalue weighted by atomic mass is 10.1. The lowest BCUT2D eigenvalue weighted by Crippen LogP contribution is -2.33. The van der Waals surface area contributed by atoms with Crippen molar-refractivity contribution < 1.29 is 27.6 Å². The first-order chi connectivity index (χ1) is 23.9. The van der Waals surface area contributed by atoms with Crippen molar-refractivity contribution in [3.63, 3.8) is 0 Å². The van der Waals surface area contributed by atoms with Crippen molar-refractivity contribution in [1.29, 1.82) is 5.26 Å². The van der Waals surface area contributed by atoms with E-state index in [0.29, 0.717) is 11.1 Å². The molecule has 262 valence electrons. The Kier molecular flexibility index (Phi) is 11.2. The number of benzene rings is 1. The molecular weight excluding hydrogens is 681 g/mol. The lowest BCUT2D eigenvalue weighted by Gasteiger charge is -2.23. The van der Waals surface area contributed by atoms with Gasteiger partial charge in [-0.25, -0.2) is 14.2 Å². The second kappa shape index (κ2) is 15.5. The SMILES string of the molecule is Cc1cn([C@H]2C[C@H](N=[N+]=[N-])[C@@H](COP(=O)(OCc3ccc(C#N)cc3)OC[C@H]3O[C@@H](n4cc(C)c(=O)[nH]c4=O)C[C@@H]3N=[N+]=[N-])O2)c(=O)[nH]c1=O. The van der Waals surface area contributed by atoms with Crippen LogP contribution in [0.1, 0.15) is 47.6 Å². The minimum absolute atomic E-state index is 0.00940. The van der Waals surface area contributed by atoms with E-state index in [9.17, 15) is 34.8 Å². The molecule has 0 unspecified atom stereocenters. The number of aromatic amines is 2. The van der Waals surface area contributed by atoms with Gasteiger partial charge in [-0.2, -0.15) is 5.26 Å². The molecule has 0 amide bonds. The average molecular weight is 712 g/mol. The molecule has 5 rings (SSSR count). The number of nitriles is 1. The molecule has 1 aromatic carbocycles. The Morgan fingerprint density at radius 1 is 0.860 bits per heavy atom. The minimum atomic E-state index is -4.56. The molecule has 4 heterocycles. The van der Waals surface area contributed by atoms with Gasteiger partial charge in [0.2, 0.25) is 0 Å². The van der Waals surface area contributed by atoms with Crippen molar-refractivity contribution in [1.82, 2.24) is 19.1 Å². The van der Waals surface area contributed by atoms with E-state index in [0.717, 1.165) is 9.13 Å². The third-order valence-corrected chi connectivity index (χ3v) is 9.36. The monoisotopic (exact) mass is 711 g/mol. The van der Waals surface area contributed by atoms with Crippen LogP contribution in [0, 0.1) is 25.2 Å². The van der Waals surface area contributed by atoms with Gasteiger partial charge in [0.15, 0.2) is 0 Å². The maximum Gasteiger partial charge on any atom is 0.475 e. The Bertz CT molecular complexity index is 2040. The summed E-state index contributed by atoms with van der Waals surface area (Å²) in [6.07, 6.45) is -1.44. The molecule has 0 radical (unpaired) electrons. The highest BCUT2D eigenvalue weighted by Crippen LogP contribution is 2.52. The topological polar surface area (TPSA) is 294 Å². The summed E-state index contributed by atoms with van der Waals surface area (Å²) in [5.41, 5.74) is 17.0. The Morgan fingerprint density at radius 2 is 1.32 bits per heavy atom. The molecule has 2 fully saturated rings. The van der Waals surface area contributed by atoms with Gasteiger partial charge in [0.1, 0.15) is 12.5 Å². The molecule has 22 heteroatoms. The molecule has 6 atom stereocenters. The van der Waals surface area contributed by atoms with Crippen LogP contribution in [0.25, 0.3) is 20.9 Å². The van der Waals surface area contributed by atoms with Gasteiger partial charge in [0, 0.05) is 46.2 Å². The van der Waals surface area contributed by atoms with Gasteiger partial charge >= 0.3 is 19.2 Å². The third kappa shape index (κ3) is 8.29. The van der Waals surface area contributed by atoms with Crippen molar-refractivity contribution in [2.45, 2.75) is 70.0 Å². The fourth-order valence-electron chi connectivity index (χ4n) is 5.32. The molecule has 2 aliphatic heterocycles. The third-order valence-electron chi connectivity index (χ3n) is 7.99. The first-order valence-electron chi connectivity index (χ1n) is 15.0. The highest BCUT2D eigenvalue weighted by Gasteiger charge is 2.42. The molecule has 0 saturated carbocycles. The first kappa shape index (κ1) is 36.0. The second-order valence-electron chi connectivity index (χ2n) is 11.4. The summed E-state index contributed by atoms with van der Waals surface area (Å²) in [5, 5.41) is 16.6. The molecule has 0 spiro atoms. The number of nitrogens with one attached hydrogen (secondary N) is 2. The van der Waals surface area contributed by atoms with E-state index in [4.69, 9.17) is 28.3 Å². The Morgan fingerprint density at radius 3 is 1.74 bits per heavy atom. The zero-order valence-electron chi connectivity index (χ0n) is 26.5. The second-order valence-corrected chi connectivity index (χ2v) is 13.0. The highest BCUT2D eigenvalue weighted by atomic mass is 31.2. The minimum Gasteiger partial charge on any atom is -0.352 e. The van der Waals surface area contributed by atoms with Crippen LogP contribution >= 0.6 is 7.82 Å². The van der Waals surface area contributed by atoms with Gasteiger partial charge in [0.25, 0.3) is 11.1 Å². The smallest absolute Gasteiger partial charge is 0.352 e. The van der Waals surface area contributed by atoms with Crippen LogP contribution < -0.4 is 22.5 Å². The van der Waals surface area contributed by atoms with Crippen LogP contribution in [0.2, 0.25) is 0 Å². The summed E-state index contributed by atoms with van der Waals surface area (Å²) in [6.45, 7) is 1.67. The summed E-state index contributed by atoms with van der Waals surface area (Å²) in [6, 6.07) is 6.39. The number of aromatic nitrogens is 4. The average Bonchev–Trinajstić information content (AvgIpc) is 3.69. The number of hydrogen-bond acceptors (Lipinski definition) is 13. The van der Waals surface area contributed by atoms with E-state index < -0.39 is 80.3 Å². The maximum atomic E-state index is 14.1. The van der Waals surface area contributed by atoms with Crippen molar-refractivity contribution in [3.8, 4) is 6.07 Å². The number of ether oxygens (including phenoxy) is 2. The van der Waals surface area contributed by atoms with Crippen LogP contribution in [0.15, 0.2) is 66.1 Å². The van der Waals surface area contributed by atoms with Crippen molar-refractivity contribution >= 4 is 7.82 Å². The summed E-state index contributed by atoms with van der Waals surface area (Å²) in [5.74, 6) is 0. The summed E-state index contributed by atoms with van der Waals surface area (Å²) in [4.78, 5) is 58.7. The largest absolute Gasteiger partial charge is 0.475 e. The van der Waals surface area contributed by atoms with Crippen LogP contribution in [0.5, 0.6) is 0 Å². The molecule has 50 heavy (non-hydrogen) atoms. The molecule has 2 aromatic heterocycles. The van der Waals surface area contributed by atoms with Gasteiger partial charge < -0.3 is 9.47 Å². The Balaban J connectivity index is 1.35. The molecule has 3 aromatic rings. The van der Waals surface area contributed by atoms with Crippen LogP contribution in [-0.4, -0.2) is 56.6 Å². The van der Waals surface area contributed by atoms with E-state index in [1.54, 1.807) is 12.1 Å². The van der Waals surface area contributed by atoms with Crippen LogP contribution in [-0.2, 0) is 34.2 Å². The quantitative estimate of drug-likeness (QED) is 0.112.